The second kappa shape index (κ2) is 6.08. The Labute approximate surface area is 127 Å². The van der Waals surface area contributed by atoms with Crippen LogP contribution in [-0.2, 0) is 0 Å². The van der Waals surface area contributed by atoms with Crippen molar-refractivity contribution in [3.8, 4) is 0 Å². The van der Waals surface area contributed by atoms with E-state index >= 15 is 0 Å². The molecule has 2 aliphatic rings. The predicted octanol–water partition coefficient (Wildman–Crippen LogP) is 2.75. The Hall–Kier alpha value is -1.52. The maximum absolute atomic E-state index is 5.85. The molecule has 5 heteroatoms. The molecule has 0 aliphatic heterocycles. The van der Waals surface area contributed by atoms with Crippen molar-refractivity contribution in [3.63, 3.8) is 0 Å². The lowest BCUT2D eigenvalue weighted by Gasteiger charge is -2.28. The molecule has 2 bridgehead atoms. The number of nitrogen functional groups attached to an aromatic ring is 1. The van der Waals surface area contributed by atoms with Crippen molar-refractivity contribution >= 4 is 17.6 Å². The van der Waals surface area contributed by atoms with Gasteiger partial charge in [-0.25, -0.2) is 0 Å². The first-order valence-electron chi connectivity index (χ1n) is 8.25. The number of hydrogen-bond donors (Lipinski definition) is 2. The maximum atomic E-state index is 5.85. The number of nitrogens with zero attached hydrogens (tertiary/aromatic N) is 3. The molecule has 0 saturated heterocycles. The minimum Gasteiger partial charge on any atom is -0.370 e. The van der Waals surface area contributed by atoms with Gasteiger partial charge in [-0.3, -0.25) is 0 Å². The molecule has 0 aromatic carbocycles. The third-order valence-corrected chi connectivity index (χ3v) is 5.07. The molecule has 2 aliphatic carbocycles. The number of anilines is 3. The molecule has 3 N–H and O–H groups in total. The van der Waals surface area contributed by atoms with Gasteiger partial charge in [0.25, 0.3) is 0 Å². The third kappa shape index (κ3) is 3.22. The molecule has 0 amide bonds. The van der Waals surface area contributed by atoms with Gasteiger partial charge in [-0.05, 0) is 43.4 Å². The lowest BCUT2D eigenvalue weighted by molar-refractivity contribution is 0.337. The third-order valence-electron chi connectivity index (χ3n) is 5.07. The highest BCUT2D eigenvalue weighted by Crippen LogP contribution is 2.48. The molecule has 1 heterocycles. The van der Waals surface area contributed by atoms with Crippen molar-refractivity contribution in [1.29, 1.82) is 0 Å². The van der Waals surface area contributed by atoms with Crippen LogP contribution < -0.4 is 16.0 Å². The SMILES string of the molecule is CCCNc1cc(N(C)CC2CC3CCC2C3)nc(N)n1. The Morgan fingerprint density at radius 1 is 1.33 bits per heavy atom. The van der Waals surface area contributed by atoms with Crippen molar-refractivity contribution in [2.45, 2.75) is 39.0 Å². The summed E-state index contributed by atoms with van der Waals surface area (Å²) in [5, 5.41) is 3.29. The van der Waals surface area contributed by atoms with Gasteiger partial charge < -0.3 is 16.0 Å². The van der Waals surface area contributed by atoms with Crippen LogP contribution in [0.4, 0.5) is 17.6 Å². The number of hydrogen-bond acceptors (Lipinski definition) is 5. The summed E-state index contributed by atoms with van der Waals surface area (Å²) in [6, 6.07) is 2.01. The summed E-state index contributed by atoms with van der Waals surface area (Å²) in [4.78, 5) is 10.9. The lowest BCUT2D eigenvalue weighted by atomic mass is 9.88. The highest BCUT2D eigenvalue weighted by Gasteiger charge is 2.39. The first kappa shape index (κ1) is 14.4. The molecular formula is C16H27N5. The summed E-state index contributed by atoms with van der Waals surface area (Å²) in [5.41, 5.74) is 5.85. The fraction of sp³-hybridized carbons (Fsp3) is 0.750. The quantitative estimate of drug-likeness (QED) is 0.843. The molecule has 116 valence electrons. The number of nitrogens with one attached hydrogen (secondary N) is 1. The zero-order valence-corrected chi connectivity index (χ0v) is 13.2. The second-order valence-corrected chi connectivity index (χ2v) is 6.71. The van der Waals surface area contributed by atoms with E-state index < -0.39 is 0 Å². The van der Waals surface area contributed by atoms with E-state index in [1.807, 2.05) is 6.07 Å². The van der Waals surface area contributed by atoms with Crippen molar-refractivity contribution in [2.75, 3.05) is 36.1 Å². The molecule has 0 spiro atoms. The Bertz CT molecular complexity index is 490. The fourth-order valence-corrected chi connectivity index (χ4v) is 4.04. The first-order chi connectivity index (χ1) is 10.2. The van der Waals surface area contributed by atoms with Gasteiger partial charge in [0.15, 0.2) is 0 Å². The Morgan fingerprint density at radius 3 is 2.86 bits per heavy atom. The van der Waals surface area contributed by atoms with Gasteiger partial charge in [-0.15, -0.1) is 0 Å². The summed E-state index contributed by atoms with van der Waals surface area (Å²) in [6.07, 6.45) is 6.80. The first-order valence-corrected chi connectivity index (χ1v) is 8.25. The fourth-order valence-electron chi connectivity index (χ4n) is 4.04. The number of rotatable bonds is 6. The standard InChI is InChI=1S/C16H27N5/c1-3-6-18-14-9-15(20-16(17)19-14)21(2)10-13-8-11-4-5-12(13)7-11/h9,11-13H,3-8,10H2,1-2H3,(H3,17,18,19,20). The monoisotopic (exact) mass is 289 g/mol. The van der Waals surface area contributed by atoms with E-state index in [-0.39, 0.29) is 0 Å². The molecule has 2 fully saturated rings. The predicted molar refractivity (Wildman–Crippen MR) is 87.4 cm³/mol. The molecule has 3 rings (SSSR count). The summed E-state index contributed by atoms with van der Waals surface area (Å²) in [5.74, 6) is 4.88. The normalized spacial score (nSPS) is 27.0. The summed E-state index contributed by atoms with van der Waals surface area (Å²) >= 11 is 0. The van der Waals surface area contributed by atoms with E-state index in [4.69, 9.17) is 5.73 Å². The highest BCUT2D eigenvalue weighted by molar-refractivity contribution is 5.52. The summed E-state index contributed by atoms with van der Waals surface area (Å²) in [6.45, 7) is 4.14. The van der Waals surface area contributed by atoms with Gasteiger partial charge in [0, 0.05) is 26.2 Å². The van der Waals surface area contributed by atoms with Crippen LogP contribution in [0.5, 0.6) is 0 Å². The molecule has 21 heavy (non-hydrogen) atoms. The van der Waals surface area contributed by atoms with Crippen LogP contribution >= 0.6 is 0 Å². The van der Waals surface area contributed by atoms with Gasteiger partial charge in [-0.1, -0.05) is 13.3 Å². The van der Waals surface area contributed by atoms with Crippen LogP contribution in [0.25, 0.3) is 0 Å². The zero-order valence-electron chi connectivity index (χ0n) is 13.2. The van der Waals surface area contributed by atoms with Crippen LogP contribution in [0, 0.1) is 17.8 Å². The van der Waals surface area contributed by atoms with E-state index in [1.165, 1.54) is 25.7 Å². The van der Waals surface area contributed by atoms with Crippen molar-refractivity contribution in [3.05, 3.63) is 6.07 Å². The number of fused-ring (bicyclic) bond motifs is 2. The van der Waals surface area contributed by atoms with Crippen LogP contribution in [0.3, 0.4) is 0 Å². The van der Waals surface area contributed by atoms with Crippen LogP contribution in [0.15, 0.2) is 6.07 Å². The molecule has 5 nitrogen and oxygen atoms in total. The van der Waals surface area contributed by atoms with E-state index in [2.05, 4.69) is 34.2 Å². The highest BCUT2D eigenvalue weighted by atomic mass is 15.2. The van der Waals surface area contributed by atoms with Gasteiger partial charge in [0.1, 0.15) is 11.6 Å². The van der Waals surface area contributed by atoms with E-state index in [1.54, 1.807) is 0 Å². The lowest BCUT2D eigenvalue weighted by Crippen LogP contribution is -2.29. The van der Waals surface area contributed by atoms with Gasteiger partial charge >= 0.3 is 0 Å². The zero-order chi connectivity index (χ0) is 14.8. The van der Waals surface area contributed by atoms with Gasteiger partial charge in [0.05, 0.1) is 0 Å². The van der Waals surface area contributed by atoms with E-state index in [9.17, 15) is 0 Å². The molecular weight excluding hydrogens is 262 g/mol. The molecule has 1 aromatic rings. The average Bonchev–Trinajstić information content (AvgIpc) is 3.07. The van der Waals surface area contributed by atoms with Crippen molar-refractivity contribution in [1.82, 2.24) is 9.97 Å². The topological polar surface area (TPSA) is 67.1 Å². The Kier molecular flexibility index (Phi) is 4.17. The van der Waals surface area contributed by atoms with Gasteiger partial charge in [-0.2, -0.15) is 9.97 Å². The van der Waals surface area contributed by atoms with Gasteiger partial charge in [0.2, 0.25) is 5.95 Å². The summed E-state index contributed by atoms with van der Waals surface area (Å²) in [7, 11) is 2.12. The summed E-state index contributed by atoms with van der Waals surface area (Å²) < 4.78 is 0. The van der Waals surface area contributed by atoms with Crippen LogP contribution in [-0.4, -0.2) is 30.1 Å². The molecule has 2 saturated carbocycles. The largest absolute Gasteiger partial charge is 0.370 e. The van der Waals surface area contributed by atoms with Crippen LogP contribution in [0.1, 0.15) is 39.0 Å². The van der Waals surface area contributed by atoms with Crippen molar-refractivity contribution < 1.29 is 0 Å². The molecule has 3 unspecified atom stereocenters. The molecule has 1 aromatic heterocycles. The van der Waals surface area contributed by atoms with E-state index in [0.29, 0.717) is 5.95 Å². The maximum Gasteiger partial charge on any atom is 0.223 e. The Morgan fingerprint density at radius 2 is 2.19 bits per heavy atom. The number of aromatic nitrogens is 2. The van der Waals surface area contributed by atoms with E-state index in [0.717, 1.165) is 48.9 Å². The average molecular weight is 289 g/mol. The molecule has 0 radical (unpaired) electrons. The van der Waals surface area contributed by atoms with Crippen LogP contribution in [0.2, 0.25) is 0 Å². The minimum absolute atomic E-state index is 0.353. The second-order valence-electron chi connectivity index (χ2n) is 6.71. The van der Waals surface area contributed by atoms with Crippen molar-refractivity contribution in [2.24, 2.45) is 17.8 Å². The molecule has 3 atom stereocenters. The minimum atomic E-state index is 0.353. The Balaban J connectivity index is 1.66. The smallest absolute Gasteiger partial charge is 0.223 e. The number of nitrogens with two attached hydrogens (primary N) is 1.